The van der Waals surface area contributed by atoms with E-state index >= 15 is 0 Å². The first-order valence-corrected chi connectivity index (χ1v) is 7.68. The van der Waals surface area contributed by atoms with E-state index < -0.39 is 17.7 Å². The van der Waals surface area contributed by atoms with Gasteiger partial charge in [-0.1, -0.05) is 48.5 Å². The Morgan fingerprint density at radius 3 is 1.87 bits per heavy atom. The van der Waals surface area contributed by atoms with Crippen LogP contribution in [0.3, 0.4) is 0 Å². The summed E-state index contributed by atoms with van der Waals surface area (Å²) in [7, 11) is 0. The van der Waals surface area contributed by atoms with Gasteiger partial charge in [-0.05, 0) is 48.4 Å². The molecule has 3 heteroatoms. The maximum absolute atomic E-state index is 11.9. The van der Waals surface area contributed by atoms with Gasteiger partial charge in [-0.2, -0.15) is 0 Å². The lowest BCUT2D eigenvalue weighted by molar-refractivity contribution is -0.160. The first-order valence-electron chi connectivity index (χ1n) is 7.68. The summed E-state index contributed by atoms with van der Waals surface area (Å²) in [5.74, 6) is -0.971. The van der Waals surface area contributed by atoms with Gasteiger partial charge in [-0.15, -0.1) is 0 Å². The Labute approximate surface area is 135 Å². The highest BCUT2D eigenvalue weighted by Gasteiger charge is 2.29. The quantitative estimate of drug-likeness (QED) is 0.698. The number of carbonyl (C=O) groups is 1. The fourth-order valence-electron chi connectivity index (χ4n) is 2.92. The molecule has 0 heterocycles. The molecular weight excluding hydrogens is 288 g/mol. The van der Waals surface area contributed by atoms with Gasteiger partial charge in [-0.25, -0.2) is 4.79 Å². The van der Waals surface area contributed by atoms with Crippen LogP contribution < -0.4 is 0 Å². The lowest BCUT2D eigenvalue weighted by Gasteiger charge is -2.27. The van der Waals surface area contributed by atoms with Crippen molar-refractivity contribution in [2.45, 2.75) is 32.5 Å². The Morgan fingerprint density at radius 1 is 0.957 bits per heavy atom. The number of hydrogen-bond acceptors (Lipinski definition) is 2. The molecule has 3 nitrogen and oxygen atoms in total. The number of hydrogen-bond donors (Lipinski definition) is 1. The SMILES string of the molecule is CC(C)(C)O[C@@H](C(=O)O)c1c2ccccc2cc2ccccc12. The molecule has 0 radical (unpaired) electrons. The van der Waals surface area contributed by atoms with Gasteiger partial charge < -0.3 is 9.84 Å². The lowest BCUT2D eigenvalue weighted by atomic mass is 9.93. The van der Waals surface area contributed by atoms with Gasteiger partial charge >= 0.3 is 5.97 Å². The van der Waals surface area contributed by atoms with Crippen molar-refractivity contribution >= 4 is 27.5 Å². The third-order valence-corrected chi connectivity index (χ3v) is 3.77. The van der Waals surface area contributed by atoms with Crippen molar-refractivity contribution in [3.05, 3.63) is 60.2 Å². The van der Waals surface area contributed by atoms with Gasteiger partial charge in [0, 0.05) is 5.56 Å². The van der Waals surface area contributed by atoms with Gasteiger partial charge in [0.15, 0.2) is 6.10 Å². The topological polar surface area (TPSA) is 46.5 Å². The van der Waals surface area contributed by atoms with Crippen LogP contribution in [0.4, 0.5) is 0 Å². The molecule has 0 saturated carbocycles. The molecule has 118 valence electrons. The van der Waals surface area contributed by atoms with Gasteiger partial charge in [0.05, 0.1) is 5.60 Å². The van der Waals surface area contributed by atoms with Crippen molar-refractivity contribution in [3.63, 3.8) is 0 Å². The Balaban J connectivity index is 2.37. The maximum Gasteiger partial charge on any atom is 0.337 e. The van der Waals surface area contributed by atoms with E-state index in [-0.39, 0.29) is 0 Å². The first kappa shape index (κ1) is 15.5. The monoisotopic (exact) mass is 308 g/mol. The number of benzene rings is 3. The second-order valence-electron chi connectivity index (χ2n) is 6.68. The molecule has 0 fully saturated rings. The molecule has 1 atom stereocenters. The minimum absolute atomic E-state index is 0.554. The molecule has 0 aliphatic rings. The molecule has 0 amide bonds. The second-order valence-corrected chi connectivity index (χ2v) is 6.68. The molecule has 0 spiro atoms. The molecule has 0 aliphatic carbocycles. The van der Waals surface area contributed by atoms with E-state index in [0.29, 0.717) is 0 Å². The zero-order valence-electron chi connectivity index (χ0n) is 13.5. The van der Waals surface area contributed by atoms with Crippen LogP contribution in [0.25, 0.3) is 21.5 Å². The average molecular weight is 308 g/mol. The fourth-order valence-corrected chi connectivity index (χ4v) is 2.92. The molecule has 0 saturated heterocycles. The van der Waals surface area contributed by atoms with E-state index in [9.17, 15) is 9.90 Å². The van der Waals surface area contributed by atoms with Crippen LogP contribution in [-0.4, -0.2) is 16.7 Å². The molecule has 3 aromatic carbocycles. The molecule has 23 heavy (non-hydrogen) atoms. The molecule has 1 N–H and O–H groups in total. The zero-order valence-corrected chi connectivity index (χ0v) is 13.5. The fraction of sp³-hybridized carbons (Fsp3) is 0.250. The van der Waals surface area contributed by atoms with Gasteiger partial charge in [0.1, 0.15) is 0 Å². The Bertz CT molecular complexity index is 821. The predicted molar refractivity (Wildman–Crippen MR) is 92.7 cm³/mol. The van der Waals surface area contributed by atoms with Crippen LogP contribution in [0.15, 0.2) is 54.6 Å². The summed E-state index contributed by atoms with van der Waals surface area (Å²) in [6.07, 6.45) is -1.01. The van der Waals surface area contributed by atoms with Crippen LogP contribution in [0.2, 0.25) is 0 Å². The summed E-state index contributed by atoms with van der Waals surface area (Å²) in [4.78, 5) is 11.9. The van der Waals surface area contributed by atoms with Crippen molar-refractivity contribution in [1.29, 1.82) is 0 Å². The van der Waals surface area contributed by atoms with Crippen LogP contribution in [0, 0.1) is 0 Å². The van der Waals surface area contributed by atoms with E-state index in [1.54, 1.807) is 0 Å². The number of aliphatic carboxylic acids is 1. The maximum atomic E-state index is 11.9. The van der Waals surface area contributed by atoms with Crippen LogP contribution in [0.5, 0.6) is 0 Å². The van der Waals surface area contributed by atoms with Crippen molar-refractivity contribution in [1.82, 2.24) is 0 Å². The normalized spacial score (nSPS) is 13.3. The molecule has 3 rings (SSSR count). The first-order chi connectivity index (χ1) is 10.9. The summed E-state index contributed by atoms with van der Waals surface area (Å²) in [6, 6.07) is 17.8. The van der Waals surface area contributed by atoms with E-state index in [2.05, 4.69) is 6.07 Å². The summed E-state index contributed by atoms with van der Waals surface area (Å²) in [6.45, 7) is 5.61. The molecule has 3 aromatic rings. The van der Waals surface area contributed by atoms with Crippen LogP contribution in [-0.2, 0) is 9.53 Å². The summed E-state index contributed by atoms with van der Waals surface area (Å²) >= 11 is 0. The molecule has 0 bridgehead atoms. The number of rotatable bonds is 3. The smallest absolute Gasteiger partial charge is 0.337 e. The van der Waals surface area contributed by atoms with Crippen molar-refractivity contribution in [3.8, 4) is 0 Å². The summed E-state index contributed by atoms with van der Waals surface area (Å²) in [5.41, 5.74) is 0.169. The highest BCUT2D eigenvalue weighted by atomic mass is 16.5. The molecule has 0 unspecified atom stereocenters. The highest BCUT2D eigenvalue weighted by molar-refractivity contribution is 6.04. The van der Waals surface area contributed by atoms with E-state index in [4.69, 9.17) is 4.74 Å². The third kappa shape index (κ3) is 3.06. The van der Waals surface area contributed by atoms with Crippen molar-refractivity contribution in [2.24, 2.45) is 0 Å². The van der Waals surface area contributed by atoms with Gasteiger partial charge in [0.2, 0.25) is 0 Å². The number of ether oxygens (including phenoxy) is 1. The minimum atomic E-state index is -1.01. The Morgan fingerprint density at radius 2 is 1.43 bits per heavy atom. The lowest BCUT2D eigenvalue weighted by Crippen LogP contribution is -2.27. The Kier molecular flexibility index (Phi) is 3.82. The number of carboxylic acid groups (broad SMARTS) is 1. The van der Waals surface area contributed by atoms with E-state index in [1.807, 2.05) is 69.3 Å². The third-order valence-electron chi connectivity index (χ3n) is 3.77. The van der Waals surface area contributed by atoms with E-state index in [0.717, 1.165) is 27.1 Å². The minimum Gasteiger partial charge on any atom is -0.479 e. The van der Waals surface area contributed by atoms with Crippen LogP contribution in [0.1, 0.15) is 32.4 Å². The molecule has 0 aromatic heterocycles. The van der Waals surface area contributed by atoms with Crippen molar-refractivity contribution in [2.75, 3.05) is 0 Å². The average Bonchev–Trinajstić information content (AvgIpc) is 2.49. The Hall–Kier alpha value is -2.39. The molecule has 0 aliphatic heterocycles. The van der Waals surface area contributed by atoms with Gasteiger partial charge in [-0.3, -0.25) is 0 Å². The van der Waals surface area contributed by atoms with Crippen LogP contribution >= 0.6 is 0 Å². The largest absolute Gasteiger partial charge is 0.479 e. The second kappa shape index (κ2) is 5.67. The van der Waals surface area contributed by atoms with Crippen molar-refractivity contribution < 1.29 is 14.6 Å². The van der Waals surface area contributed by atoms with E-state index in [1.165, 1.54) is 0 Å². The number of carboxylic acids is 1. The predicted octanol–water partition coefficient (Wildman–Crippen LogP) is 4.93. The standard InChI is InChI=1S/C20H20O3/c1-20(2,3)23-18(19(21)22)17-15-10-6-4-8-13(15)12-14-9-5-7-11-16(14)17/h4-12,18H,1-3H3,(H,21,22)/t18-/m1/s1. The highest BCUT2D eigenvalue weighted by Crippen LogP contribution is 2.36. The van der Waals surface area contributed by atoms with Gasteiger partial charge in [0.25, 0.3) is 0 Å². The summed E-state index contributed by atoms with van der Waals surface area (Å²) < 4.78 is 5.90. The summed E-state index contributed by atoms with van der Waals surface area (Å²) in [5, 5.41) is 13.7. The zero-order chi connectivity index (χ0) is 16.6. The number of fused-ring (bicyclic) bond motifs is 2. The molecular formula is C20H20O3.